The van der Waals surface area contributed by atoms with Crippen molar-refractivity contribution in [3.63, 3.8) is 0 Å². The van der Waals surface area contributed by atoms with Gasteiger partial charge in [-0.05, 0) is 58.2 Å². The highest BCUT2D eigenvalue weighted by atomic mass is 33.7. The van der Waals surface area contributed by atoms with E-state index in [-0.39, 0.29) is 29.9 Å². The van der Waals surface area contributed by atoms with Gasteiger partial charge in [0, 0.05) is 39.9 Å². The Hall–Kier alpha value is 1.67. The van der Waals surface area contributed by atoms with E-state index in [1.807, 2.05) is 69.7 Å². The highest BCUT2D eigenvalue weighted by Gasteiger charge is 2.29. The number of ether oxygens (including phenoxy) is 4. The van der Waals surface area contributed by atoms with Gasteiger partial charge in [0.25, 0.3) is 0 Å². The van der Waals surface area contributed by atoms with Crippen LogP contribution < -0.4 is 0 Å². The van der Waals surface area contributed by atoms with Crippen LogP contribution in [-0.4, -0.2) is 69.8 Å². The van der Waals surface area contributed by atoms with Crippen LogP contribution in [0.2, 0.25) is 12.1 Å². The van der Waals surface area contributed by atoms with Crippen LogP contribution in [0.15, 0.2) is 0 Å². The van der Waals surface area contributed by atoms with Gasteiger partial charge in [-0.1, -0.05) is 60.4 Å². The average molecular weight is 535 g/mol. The SMILES string of the molecule is CCC[SiH2]C(CCCCSSSSCCCCC(OC)(OC)[SiH2]CCC)(OC)OC. The minimum Gasteiger partial charge on any atom is -0.358 e. The van der Waals surface area contributed by atoms with Crippen molar-refractivity contribution in [3.05, 3.63) is 0 Å². The van der Waals surface area contributed by atoms with Crippen LogP contribution in [0.4, 0.5) is 0 Å². The lowest BCUT2D eigenvalue weighted by Gasteiger charge is -2.31. The first-order valence-corrected chi connectivity index (χ1v) is 19.9. The van der Waals surface area contributed by atoms with Gasteiger partial charge in [-0.15, -0.1) is 0 Å². The summed E-state index contributed by atoms with van der Waals surface area (Å²) in [6.45, 7) is 4.49. The molecule has 0 aromatic rings. The molecule has 4 nitrogen and oxygen atoms in total. The third-order valence-corrected chi connectivity index (χ3v) is 17.6. The minimum absolute atomic E-state index is 0.235. The first-order chi connectivity index (χ1) is 14.6. The molecule has 0 heterocycles. The molecule has 0 aliphatic heterocycles. The Morgan fingerprint density at radius 2 is 0.967 bits per heavy atom. The van der Waals surface area contributed by atoms with Crippen molar-refractivity contribution in [1.82, 2.24) is 0 Å². The summed E-state index contributed by atoms with van der Waals surface area (Å²) in [4.78, 5) is 0. The van der Waals surface area contributed by atoms with Crippen molar-refractivity contribution >= 4 is 60.3 Å². The Morgan fingerprint density at radius 1 is 0.600 bits per heavy atom. The highest BCUT2D eigenvalue weighted by Crippen LogP contribution is 2.43. The number of rotatable bonds is 23. The van der Waals surface area contributed by atoms with Crippen molar-refractivity contribution in [3.8, 4) is 0 Å². The molecular weight excluding hydrogens is 489 g/mol. The summed E-state index contributed by atoms with van der Waals surface area (Å²) in [6, 6.07) is 2.58. The summed E-state index contributed by atoms with van der Waals surface area (Å²) >= 11 is 0. The van der Waals surface area contributed by atoms with Crippen molar-refractivity contribution in [1.29, 1.82) is 0 Å². The number of hydrogen-bond donors (Lipinski definition) is 0. The minimum atomic E-state index is -0.334. The first kappa shape index (κ1) is 31.7. The molecule has 0 atom stereocenters. The molecule has 0 rings (SSSR count). The summed E-state index contributed by atoms with van der Waals surface area (Å²) in [5.41, 5.74) is -0.471. The van der Waals surface area contributed by atoms with Gasteiger partial charge in [0.1, 0.15) is 10.8 Å². The zero-order valence-corrected chi connectivity index (χ0v) is 26.3. The molecule has 0 saturated carbocycles. The lowest BCUT2D eigenvalue weighted by Crippen LogP contribution is -2.40. The molecule has 182 valence electrons. The van der Waals surface area contributed by atoms with Gasteiger partial charge in [0.05, 0.1) is 19.0 Å². The van der Waals surface area contributed by atoms with Gasteiger partial charge >= 0.3 is 0 Å². The van der Waals surface area contributed by atoms with Crippen LogP contribution in [0.25, 0.3) is 0 Å². The van der Waals surface area contributed by atoms with Crippen LogP contribution in [0.3, 0.4) is 0 Å². The van der Waals surface area contributed by atoms with Crippen molar-refractivity contribution in [2.45, 2.75) is 88.1 Å². The van der Waals surface area contributed by atoms with Gasteiger partial charge < -0.3 is 18.9 Å². The normalized spacial score (nSPS) is 13.4. The van der Waals surface area contributed by atoms with Crippen LogP contribution in [0.1, 0.15) is 65.2 Å². The third-order valence-electron chi connectivity index (χ3n) is 5.51. The quantitative estimate of drug-likeness (QED) is 0.0695. The Morgan fingerprint density at radius 3 is 1.27 bits per heavy atom. The summed E-state index contributed by atoms with van der Waals surface area (Å²) in [5.74, 6) is 2.40. The Labute approximate surface area is 206 Å². The molecule has 0 aliphatic carbocycles. The maximum atomic E-state index is 5.74. The van der Waals surface area contributed by atoms with E-state index in [4.69, 9.17) is 18.9 Å². The van der Waals surface area contributed by atoms with E-state index in [1.165, 1.54) is 62.1 Å². The molecule has 0 radical (unpaired) electrons. The Kier molecular flexibility index (Phi) is 22.4. The first-order valence-electron chi connectivity index (χ1n) is 11.4. The molecule has 30 heavy (non-hydrogen) atoms. The summed E-state index contributed by atoms with van der Waals surface area (Å²) in [6.07, 6.45) is 9.41. The Balaban J connectivity index is 3.68. The topological polar surface area (TPSA) is 36.9 Å². The van der Waals surface area contributed by atoms with Gasteiger partial charge in [0.2, 0.25) is 0 Å². The van der Waals surface area contributed by atoms with E-state index >= 15 is 0 Å². The van der Waals surface area contributed by atoms with Crippen LogP contribution in [0, 0.1) is 0 Å². The maximum absolute atomic E-state index is 5.74. The van der Waals surface area contributed by atoms with E-state index in [2.05, 4.69) is 13.8 Å². The summed E-state index contributed by atoms with van der Waals surface area (Å²) in [5, 5.41) is 0. The van der Waals surface area contributed by atoms with E-state index in [0.29, 0.717) is 0 Å². The van der Waals surface area contributed by atoms with Gasteiger partial charge in [-0.25, -0.2) is 0 Å². The molecule has 0 saturated heterocycles. The van der Waals surface area contributed by atoms with Gasteiger partial charge in [-0.2, -0.15) is 0 Å². The van der Waals surface area contributed by atoms with Crippen molar-refractivity contribution in [2.75, 3.05) is 39.9 Å². The molecule has 0 bridgehead atoms. The Bertz CT molecular complexity index is 343. The third kappa shape index (κ3) is 14.7. The lowest BCUT2D eigenvalue weighted by molar-refractivity contribution is -0.149. The molecule has 0 amide bonds. The summed E-state index contributed by atoms with van der Waals surface area (Å²) < 4.78 is 23.0. The van der Waals surface area contributed by atoms with Crippen LogP contribution >= 0.6 is 41.2 Å². The average Bonchev–Trinajstić information content (AvgIpc) is 2.79. The molecule has 0 aliphatic rings. The van der Waals surface area contributed by atoms with Crippen molar-refractivity contribution in [2.24, 2.45) is 0 Å². The molecule has 0 fully saturated rings. The molecule has 0 aromatic carbocycles. The predicted molar refractivity (Wildman–Crippen MR) is 149 cm³/mol. The summed E-state index contributed by atoms with van der Waals surface area (Å²) in [7, 11) is 14.4. The van der Waals surface area contributed by atoms with E-state index < -0.39 is 0 Å². The number of methoxy groups -OCH3 is 4. The fourth-order valence-corrected chi connectivity index (χ4v) is 13.2. The van der Waals surface area contributed by atoms with Gasteiger partial charge in [0.15, 0.2) is 0 Å². The smallest absolute Gasteiger partial charge is 0.144 e. The van der Waals surface area contributed by atoms with Gasteiger partial charge in [-0.3, -0.25) is 0 Å². The maximum Gasteiger partial charge on any atom is 0.144 e. The largest absolute Gasteiger partial charge is 0.358 e. The second-order valence-electron chi connectivity index (χ2n) is 7.54. The molecule has 0 N–H and O–H groups in total. The van der Waals surface area contributed by atoms with E-state index in [1.54, 1.807) is 0 Å². The second kappa shape index (κ2) is 21.2. The lowest BCUT2D eigenvalue weighted by atomic mass is 10.2. The number of hydrogen-bond acceptors (Lipinski definition) is 8. The second-order valence-corrected chi connectivity index (χ2v) is 18.3. The zero-order chi connectivity index (χ0) is 22.6. The monoisotopic (exact) mass is 534 g/mol. The predicted octanol–water partition coefficient (Wildman–Crippen LogP) is 5.89. The van der Waals surface area contributed by atoms with Crippen LogP contribution in [-0.2, 0) is 18.9 Å². The highest BCUT2D eigenvalue weighted by molar-refractivity contribution is 9.26. The van der Waals surface area contributed by atoms with Crippen molar-refractivity contribution < 1.29 is 18.9 Å². The van der Waals surface area contributed by atoms with Crippen LogP contribution in [0.5, 0.6) is 0 Å². The zero-order valence-electron chi connectivity index (χ0n) is 20.2. The molecule has 10 heteroatoms. The molecule has 0 unspecified atom stereocenters. The molecule has 0 spiro atoms. The fraction of sp³-hybridized carbons (Fsp3) is 1.00. The molecule has 0 aromatic heterocycles. The fourth-order valence-electron chi connectivity index (χ4n) is 3.34. The standard InChI is InChI=1S/C20H46O4S4Si2/c1-7-17-29-19(21-3,22-4)13-9-11-15-25-27-28-26-16-12-10-14-20(23-5,24-6)30-18-8-2/h7-18,29-30H2,1-6H3. The van der Waals surface area contributed by atoms with E-state index in [0.717, 1.165) is 12.8 Å². The number of unbranched alkanes of at least 4 members (excludes halogenated alkanes) is 2. The van der Waals surface area contributed by atoms with E-state index in [9.17, 15) is 0 Å². The molecular formula is C20H46O4S4Si2.